The molecule has 0 aliphatic carbocycles. The Balaban J connectivity index is 2.03. The Labute approximate surface area is 117 Å². The first-order chi connectivity index (χ1) is 10.5. The summed E-state index contributed by atoms with van der Waals surface area (Å²) < 4.78 is 22.5. The van der Waals surface area contributed by atoms with Crippen molar-refractivity contribution < 1.29 is 4.11 Å². The molecular weight excluding hydrogens is 232 g/mol. The number of benzene rings is 1. The van der Waals surface area contributed by atoms with Crippen LogP contribution in [0.3, 0.4) is 0 Å². The molecule has 0 amide bonds. The SMILES string of the molecule is [2H]C([2H])([2H])c1ccnc(-c2cccc(-c3ccccn3)c2)c1. The summed E-state index contributed by atoms with van der Waals surface area (Å²) in [5, 5.41) is 0. The molecule has 2 heterocycles. The van der Waals surface area contributed by atoms with Gasteiger partial charge in [0.25, 0.3) is 0 Å². The molecular formula is C17H14N2. The molecule has 0 spiro atoms. The van der Waals surface area contributed by atoms with Gasteiger partial charge in [0.2, 0.25) is 0 Å². The van der Waals surface area contributed by atoms with Crippen molar-refractivity contribution in [2.24, 2.45) is 0 Å². The molecule has 2 heteroatoms. The minimum atomic E-state index is -2.13. The van der Waals surface area contributed by atoms with E-state index >= 15 is 0 Å². The van der Waals surface area contributed by atoms with Crippen LogP contribution in [0.25, 0.3) is 22.5 Å². The Morgan fingerprint density at radius 1 is 0.789 bits per heavy atom. The van der Waals surface area contributed by atoms with E-state index in [1.807, 2.05) is 42.5 Å². The van der Waals surface area contributed by atoms with Crippen molar-refractivity contribution in [1.29, 1.82) is 0 Å². The van der Waals surface area contributed by atoms with E-state index < -0.39 is 6.85 Å². The van der Waals surface area contributed by atoms with Crippen LogP contribution >= 0.6 is 0 Å². The van der Waals surface area contributed by atoms with Crippen molar-refractivity contribution >= 4 is 0 Å². The average molecular weight is 249 g/mol. The molecule has 2 nitrogen and oxygen atoms in total. The molecule has 0 N–H and O–H groups in total. The monoisotopic (exact) mass is 249 g/mol. The van der Waals surface area contributed by atoms with E-state index in [2.05, 4.69) is 9.97 Å². The highest BCUT2D eigenvalue weighted by Gasteiger charge is 2.03. The van der Waals surface area contributed by atoms with E-state index in [1.165, 1.54) is 12.3 Å². The second-order valence-corrected chi connectivity index (χ2v) is 4.23. The van der Waals surface area contributed by atoms with Gasteiger partial charge < -0.3 is 0 Å². The van der Waals surface area contributed by atoms with Crippen molar-refractivity contribution in [2.75, 3.05) is 0 Å². The number of nitrogens with zero attached hydrogens (tertiary/aromatic N) is 2. The van der Waals surface area contributed by atoms with Crippen LogP contribution in [-0.4, -0.2) is 9.97 Å². The summed E-state index contributed by atoms with van der Waals surface area (Å²) in [7, 11) is 0. The number of hydrogen-bond donors (Lipinski definition) is 0. The summed E-state index contributed by atoms with van der Waals surface area (Å²) in [6.07, 6.45) is 3.28. The lowest BCUT2D eigenvalue weighted by molar-refractivity contribution is 1.28. The van der Waals surface area contributed by atoms with Crippen molar-refractivity contribution in [1.82, 2.24) is 9.97 Å². The predicted molar refractivity (Wildman–Crippen MR) is 77.6 cm³/mol. The highest BCUT2D eigenvalue weighted by Crippen LogP contribution is 2.24. The lowest BCUT2D eigenvalue weighted by Crippen LogP contribution is -1.86. The third kappa shape index (κ3) is 2.52. The van der Waals surface area contributed by atoms with Crippen LogP contribution in [0.1, 0.15) is 9.68 Å². The van der Waals surface area contributed by atoms with Gasteiger partial charge in [0.15, 0.2) is 0 Å². The number of aryl methyl sites for hydroxylation is 1. The lowest BCUT2D eigenvalue weighted by Gasteiger charge is -2.05. The molecule has 1 aromatic carbocycles. The van der Waals surface area contributed by atoms with Crippen LogP contribution in [-0.2, 0) is 0 Å². The van der Waals surface area contributed by atoms with Crippen LogP contribution < -0.4 is 0 Å². The topological polar surface area (TPSA) is 25.8 Å². The van der Waals surface area contributed by atoms with Gasteiger partial charge in [0, 0.05) is 27.6 Å². The Morgan fingerprint density at radius 2 is 1.63 bits per heavy atom. The number of pyridine rings is 2. The average Bonchev–Trinajstić information content (AvgIpc) is 2.55. The summed E-state index contributed by atoms with van der Waals surface area (Å²) in [4.78, 5) is 8.62. The van der Waals surface area contributed by atoms with Gasteiger partial charge in [-0.2, -0.15) is 0 Å². The zero-order valence-corrected chi connectivity index (χ0v) is 10.2. The fourth-order valence-electron chi connectivity index (χ4n) is 1.96. The minimum Gasteiger partial charge on any atom is -0.256 e. The van der Waals surface area contributed by atoms with Crippen LogP contribution in [0, 0.1) is 6.85 Å². The Hall–Kier alpha value is -2.48. The van der Waals surface area contributed by atoms with E-state index in [0.29, 0.717) is 11.3 Å². The van der Waals surface area contributed by atoms with Gasteiger partial charge in [0.1, 0.15) is 0 Å². The Bertz CT molecular complexity index is 783. The zero-order chi connectivity index (χ0) is 15.6. The van der Waals surface area contributed by atoms with Crippen LogP contribution in [0.5, 0.6) is 0 Å². The van der Waals surface area contributed by atoms with E-state index in [-0.39, 0.29) is 0 Å². The van der Waals surface area contributed by atoms with Gasteiger partial charge in [-0.15, -0.1) is 0 Å². The lowest BCUT2D eigenvalue weighted by atomic mass is 10.0. The standard InChI is InChI=1S/C17H14N2/c1-13-8-10-19-17(11-13)15-6-4-5-14(12-15)16-7-2-3-9-18-16/h2-12H,1H3/i1D3. The van der Waals surface area contributed by atoms with Crippen LogP contribution in [0.15, 0.2) is 67.0 Å². The third-order valence-corrected chi connectivity index (χ3v) is 2.88. The Kier molecular flexibility index (Phi) is 2.27. The molecule has 0 bridgehead atoms. The molecule has 0 saturated carbocycles. The fraction of sp³-hybridized carbons (Fsp3) is 0.0588. The molecule has 3 aromatic rings. The highest BCUT2D eigenvalue weighted by molar-refractivity contribution is 5.69. The molecule has 0 unspecified atom stereocenters. The van der Waals surface area contributed by atoms with Gasteiger partial charge >= 0.3 is 0 Å². The molecule has 0 aliphatic rings. The van der Waals surface area contributed by atoms with Crippen molar-refractivity contribution in [2.45, 2.75) is 6.85 Å². The Morgan fingerprint density at radius 3 is 2.42 bits per heavy atom. The maximum atomic E-state index is 7.50. The summed E-state index contributed by atoms with van der Waals surface area (Å²) in [5.41, 5.74) is 3.65. The number of hydrogen-bond acceptors (Lipinski definition) is 2. The van der Waals surface area contributed by atoms with Gasteiger partial charge in [-0.25, -0.2) is 0 Å². The molecule has 0 saturated heterocycles. The van der Waals surface area contributed by atoms with E-state index in [9.17, 15) is 0 Å². The smallest absolute Gasteiger partial charge is 0.0704 e. The fourth-order valence-corrected chi connectivity index (χ4v) is 1.96. The van der Waals surface area contributed by atoms with E-state index in [4.69, 9.17) is 4.11 Å². The minimum absolute atomic E-state index is 0.292. The van der Waals surface area contributed by atoms with E-state index in [1.54, 1.807) is 12.3 Å². The second kappa shape index (κ2) is 5.02. The van der Waals surface area contributed by atoms with Gasteiger partial charge in [-0.05, 0) is 42.7 Å². The van der Waals surface area contributed by atoms with Crippen LogP contribution in [0.4, 0.5) is 0 Å². The van der Waals surface area contributed by atoms with Gasteiger partial charge in [-0.3, -0.25) is 9.97 Å². The molecule has 0 atom stereocenters. The van der Waals surface area contributed by atoms with Crippen molar-refractivity contribution in [3.63, 3.8) is 0 Å². The van der Waals surface area contributed by atoms with Crippen molar-refractivity contribution in [3.8, 4) is 22.5 Å². The summed E-state index contributed by atoms with van der Waals surface area (Å²) >= 11 is 0. The molecule has 2 aromatic heterocycles. The summed E-state index contributed by atoms with van der Waals surface area (Å²) in [5.74, 6) is 0. The normalized spacial score (nSPS) is 13.4. The quantitative estimate of drug-likeness (QED) is 0.682. The third-order valence-electron chi connectivity index (χ3n) is 2.88. The summed E-state index contributed by atoms with van der Waals surface area (Å²) in [6.45, 7) is -2.13. The molecule has 19 heavy (non-hydrogen) atoms. The molecule has 3 rings (SSSR count). The largest absolute Gasteiger partial charge is 0.256 e. The first kappa shape index (κ1) is 8.59. The maximum Gasteiger partial charge on any atom is 0.0704 e. The second-order valence-electron chi connectivity index (χ2n) is 4.23. The number of rotatable bonds is 2. The first-order valence-corrected chi connectivity index (χ1v) is 6.02. The first-order valence-electron chi connectivity index (χ1n) is 7.52. The molecule has 0 fully saturated rings. The van der Waals surface area contributed by atoms with Crippen molar-refractivity contribution in [3.05, 3.63) is 72.6 Å². The maximum absolute atomic E-state index is 7.50. The zero-order valence-electron chi connectivity index (χ0n) is 13.2. The molecule has 0 radical (unpaired) electrons. The predicted octanol–water partition coefficient (Wildman–Crippen LogP) is 4.12. The number of aromatic nitrogens is 2. The molecule has 92 valence electrons. The molecule has 0 aliphatic heterocycles. The highest BCUT2D eigenvalue weighted by atomic mass is 14.7. The van der Waals surface area contributed by atoms with E-state index in [0.717, 1.165) is 16.8 Å². The van der Waals surface area contributed by atoms with Gasteiger partial charge in [-0.1, -0.05) is 24.3 Å². The van der Waals surface area contributed by atoms with Gasteiger partial charge in [0.05, 0.1) is 11.4 Å². The van der Waals surface area contributed by atoms with Crippen LogP contribution in [0.2, 0.25) is 0 Å². The summed E-state index contributed by atoms with van der Waals surface area (Å²) in [6, 6.07) is 16.7.